The number of aromatic nitrogens is 2. The summed E-state index contributed by atoms with van der Waals surface area (Å²) in [5.41, 5.74) is 0. The maximum Gasteiger partial charge on any atom is 0.134 e. The lowest BCUT2D eigenvalue weighted by Gasteiger charge is -2.20. The summed E-state index contributed by atoms with van der Waals surface area (Å²) in [4.78, 5) is 11.3. The van der Waals surface area contributed by atoms with E-state index in [9.17, 15) is 0 Å². The van der Waals surface area contributed by atoms with Crippen LogP contribution in [0.4, 0.5) is 11.6 Å². The number of nitrogens with one attached hydrogen (secondary N) is 1. The smallest absolute Gasteiger partial charge is 0.134 e. The highest BCUT2D eigenvalue weighted by Crippen LogP contribution is 2.16. The zero-order valence-electron chi connectivity index (χ0n) is 10.7. The van der Waals surface area contributed by atoms with Crippen LogP contribution >= 0.6 is 0 Å². The summed E-state index contributed by atoms with van der Waals surface area (Å²) >= 11 is 0. The molecule has 0 aliphatic rings. The second-order valence-electron chi connectivity index (χ2n) is 3.70. The minimum absolute atomic E-state index is 0.903. The second kappa shape index (κ2) is 6.30. The van der Waals surface area contributed by atoms with E-state index in [0.717, 1.165) is 43.4 Å². The summed E-state index contributed by atoms with van der Waals surface area (Å²) in [5.74, 6) is 2.85. The SMILES string of the molecule is CCCc1nc(NC)cc(N(CC)CC)n1. The van der Waals surface area contributed by atoms with Crippen LogP contribution < -0.4 is 10.2 Å². The van der Waals surface area contributed by atoms with Crippen molar-refractivity contribution < 1.29 is 0 Å². The van der Waals surface area contributed by atoms with Crippen molar-refractivity contribution in [1.29, 1.82) is 0 Å². The van der Waals surface area contributed by atoms with E-state index in [4.69, 9.17) is 0 Å². The van der Waals surface area contributed by atoms with Gasteiger partial charge < -0.3 is 10.2 Å². The van der Waals surface area contributed by atoms with E-state index < -0.39 is 0 Å². The van der Waals surface area contributed by atoms with Crippen molar-refractivity contribution in [3.8, 4) is 0 Å². The number of nitrogens with zero attached hydrogens (tertiary/aromatic N) is 3. The predicted molar refractivity (Wildman–Crippen MR) is 69.1 cm³/mol. The van der Waals surface area contributed by atoms with Crippen molar-refractivity contribution in [2.45, 2.75) is 33.6 Å². The molecule has 1 N–H and O–H groups in total. The lowest BCUT2D eigenvalue weighted by atomic mass is 10.3. The van der Waals surface area contributed by atoms with Crippen molar-refractivity contribution in [3.05, 3.63) is 11.9 Å². The van der Waals surface area contributed by atoms with Gasteiger partial charge in [0.25, 0.3) is 0 Å². The number of aryl methyl sites for hydroxylation is 1. The van der Waals surface area contributed by atoms with E-state index in [1.807, 2.05) is 13.1 Å². The molecule has 0 unspecified atom stereocenters. The van der Waals surface area contributed by atoms with Crippen LogP contribution in [0.2, 0.25) is 0 Å². The average Bonchev–Trinajstić information content (AvgIpc) is 2.31. The molecule has 0 aliphatic carbocycles. The Morgan fingerprint density at radius 3 is 2.38 bits per heavy atom. The first-order valence-corrected chi connectivity index (χ1v) is 6.05. The maximum atomic E-state index is 4.59. The molecule has 1 rings (SSSR count). The van der Waals surface area contributed by atoms with Gasteiger partial charge in [0.05, 0.1) is 0 Å². The molecule has 0 spiro atoms. The van der Waals surface area contributed by atoms with Crippen molar-refractivity contribution in [3.63, 3.8) is 0 Å². The molecule has 0 saturated carbocycles. The molecule has 0 amide bonds. The molecular weight excluding hydrogens is 200 g/mol. The highest BCUT2D eigenvalue weighted by molar-refractivity contribution is 5.49. The molecule has 0 saturated heterocycles. The summed E-state index contributed by atoms with van der Waals surface area (Å²) in [7, 11) is 1.89. The largest absolute Gasteiger partial charge is 0.373 e. The molecule has 1 heterocycles. The van der Waals surface area contributed by atoms with Gasteiger partial charge in [0.1, 0.15) is 17.5 Å². The molecule has 16 heavy (non-hydrogen) atoms. The summed E-state index contributed by atoms with van der Waals surface area (Å²) in [5, 5.41) is 3.09. The van der Waals surface area contributed by atoms with Gasteiger partial charge >= 0.3 is 0 Å². The Balaban J connectivity index is 3.02. The molecular formula is C12H22N4. The lowest BCUT2D eigenvalue weighted by Crippen LogP contribution is -2.23. The Bertz CT molecular complexity index is 321. The van der Waals surface area contributed by atoms with Crippen molar-refractivity contribution in [2.75, 3.05) is 30.4 Å². The van der Waals surface area contributed by atoms with Gasteiger partial charge in [0, 0.05) is 32.6 Å². The average molecular weight is 222 g/mol. The molecule has 4 nitrogen and oxygen atoms in total. The van der Waals surface area contributed by atoms with Crippen LogP contribution in [-0.4, -0.2) is 30.1 Å². The van der Waals surface area contributed by atoms with Gasteiger partial charge in [-0.1, -0.05) is 6.92 Å². The number of anilines is 2. The Morgan fingerprint density at radius 2 is 1.88 bits per heavy atom. The molecule has 1 aromatic heterocycles. The molecule has 0 aliphatic heterocycles. The highest BCUT2D eigenvalue weighted by atomic mass is 15.2. The molecule has 1 aromatic rings. The van der Waals surface area contributed by atoms with Crippen LogP contribution in [0.5, 0.6) is 0 Å². The van der Waals surface area contributed by atoms with E-state index in [-0.39, 0.29) is 0 Å². The molecule has 0 fully saturated rings. The highest BCUT2D eigenvalue weighted by Gasteiger charge is 2.07. The molecule has 0 bridgehead atoms. The first-order valence-electron chi connectivity index (χ1n) is 6.05. The number of hydrogen-bond acceptors (Lipinski definition) is 4. The first-order chi connectivity index (χ1) is 7.74. The van der Waals surface area contributed by atoms with E-state index in [1.165, 1.54) is 0 Å². The molecule has 0 atom stereocenters. The quantitative estimate of drug-likeness (QED) is 0.802. The molecule has 0 aromatic carbocycles. The third-order valence-electron chi connectivity index (χ3n) is 2.58. The standard InChI is InChI=1S/C12H22N4/c1-5-8-10-14-11(13-4)9-12(15-10)16(6-2)7-3/h9H,5-8H2,1-4H3,(H,13,14,15). The van der Waals surface area contributed by atoms with Gasteiger partial charge in [0.15, 0.2) is 0 Å². The number of rotatable bonds is 6. The van der Waals surface area contributed by atoms with Crippen LogP contribution in [0.25, 0.3) is 0 Å². The Kier molecular flexibility index (Phi) is 5.02. The van der Waals surface area contributed by atoms with Crippen LogP contribution in [0.1, 0.15) is 33.0 Å². The van der Waals surface area contributed by atoms with E-state index in [0.29, 0.717) is 0 Å². The minimum atomic E-state index is 0.903. The second-order valence-corrected chi connectivity index (χ2v) is 3.70. The summed E-state index contributed by atoms with van der Waals surface area (Å²) in [6.07, 6.45) is 2.01. The van der Waals surface area contributed by atoms with Crippen molar-refractivity contribution >= 4 is 11.6 Å². The normalized spacial score (nSPS) is 10.2. The third-order valence-corrected chi connectivity index (χ3v) is 2.58. The van der Waals surface area contributed by atoms with Gasteiger partial charge in [-0.15, -0.1) is 0 Å². The van der Waals surface area contributed by atoms with Gasteiger partial charge in [-0.25, -0.2) is 9.97 Å². The van der Waals surface area contributed by atoms with Crippen LogP contribution in [-0.2, 0) is 6.42 Å². The summed E-state index contributed by atoms with van der Waals surface area (Å²) in [6, 6.07) is 2.01. The zero-order chi connectivity index (χ0) is 12.0. The maximum absolute atomic E-state index is 4.59. The van der Waals surface area contributed by atoms with Gasteiger partial charge in [-0.3, -0.25) is 0 Å². The fourth-order valence-corrected chi connectivity index (χ4v) is 1.66. The molecule has 4 heteroatoms. The third kappa shape index (κ3) is 3.08. The minimum Gasteiger partial charge on any atom is -0.373 e. The van der Waals surface area contributed by atoms with E-state index in [2.05, 4.69) is 41.0 Å². The topological polar surface area (TPSA) is 41.1 Å². The summed E-state index contributed by atoms with van der Waals surface area (Å²) in [6.45, 7) is 8.38. The Morgan fingerprint density at radius 1 is 1.19 bits per heavy atom. The molecule has 0 radical (unpaired) electrons. The lowest BCUT2D eigenvalue weighted by molar-refractivity contribution is 0.797. The first kappa shape index (κ1) is 12.7. The molecule has 90 valence electrons. The fourth-order valence-electron chi connectivity index (χ4n) is 1.66. The van der Waals surface area contributed by atoms with Crippen LogP contribution in [0.3, 0.4) is 0 Å². The summed E-state index contributed by atoms with van der Waals surface area (Å²) < 4.78 is 0. The Labute approximate surface area is 98.1 Å². The fraction of sp³-hybridized carbons (Fsp3) is 0.667. The predicted octanol–water partition coefficient (Wildman–Crippen LogP) is 2.32. The van der Waals surface area contributed by atoms with Gasteiger partial charge in [0.2, 0.25) is 0 Å². The monoisotopic (exact) mass is 222 g/mol. The van der Waals surface area contributed by atoms with Crippen LogP contribution in [0, 0.1) is 0 Å². The number of hydrogen-bond donors (Lipinski definition) is 1. The van der Waals surface area contributed by atoms with Gasteiger partial charge in [-0.05, 0) is 20.3 Å². The van der Waals surface area contributed by atoms with E-state index >= 15 is 0 Å². The zero-order valence-corrected chi connectivity index (χ0v) is 10.7. The van der Waals surface area contributed by atoms with E-state index in [1.54, 1.807) is 0 Å². The van der Waals surface area contributed by atoms with Crippen molar-refractivity contribution in [1.82, 2.24) is 9.97 Å². The van der Waals surface area contributed by atoms with Crippen molar-refractivity contribution in [2.24, 2.45) is 0 Å². The van der Waals surface area contributed by atoms with Gasteiger partial charge in [-0.2, -0.15) is 0 Å². The van der Waals surface area contributed by atoms with Crippen LogP contribution in [0.15, 0.2) is 6.07 Å². The Hall–Kier alpha value is -1.32.